The van der Waals surface area contributed by atoms with Crippen molar-refractivity contribution in [1.82, 2.24) is 0 Å². The molecule has 2 aromatic heterocycles. The Morgan fingerprint density at radius 2 is 1.82 bits per heavy atom. The summed E-state index contributed by atoms with van der Waals surface area (Å²) in [6.07, 6.45) is -0.167. The number of anilines is 1. The number of amides is 1. The van der Waals surface area contributed by atoms with Crippen LogP contribution in [-0.2, 0) is 11.2 Å². The highest BCUT2D eigenvalue weighted by atomic mass is 16.5. The number of benzene rings is 2. The molecule has 0 aliphatic rings. The fourth-order valence-electron chi connectivity index (χ4n) is 3.67. The van der Waals surface area contributed by atoms with E-state index in [1.54, 1.807) is 37.3 Å². The van der Waals surface area contributed by atoms with E-state index in [2.05, 4.69) is 11.9 Å². The molecule has 0 radical (unpaired) electrons. The molecule has 1 amide bonds. The summed E-state index contributed by atoms with van der Waals surface area (Å²) in [5.74, 6) is 0.199. The van der Waals surface area contributed by atoms with E-state index < -0.39 is 11.3 Å². The number of carbonyl (C=O) groups excluding carboxylic acids is 1. The van der Waals surface area contributed by atoms with Crippen LogP contribution in [0.25, 0.3) is 21.9 Å². The fraction of sp³-hybridized carbons (Fsp3) is 0.192. The molecule has 2 heterocycles. The van der Waals surface area contributed by atoms with Crippen molar-refractivity contribution >= 4 is 33.5 Å². The third kappa shape index (κ3) is 4.72. The Hall–Kier alpha value is -4.13. The molecule has 7 nitrogen and oxygen atoms in total. The highest BCUT2D eigenvalue weighted by Crippen LogP contribution is 2.31. The third-order valence-corrected chi connectivity index (χ3v) is 5.20. The molecule has 0 aliphatic heterocycles. The highest BCUT2D eigenvalue weighted by molar-refractivity contribution is 5.96. The van der Waals surface area contributed by atoms with Gasteiger partial charge >= 0.3 is 11.3 Å². The van der Waals surface area contributed by atoms with Crippen molar-refractivity contribution in [2.75, 3.05) is 11.9 Å². The zero-order chi connectivity index (χ0) is 23.7. The summed E-state index contributed by atoms with van der Waals surface area (Å²) in [5, 5.41) is 4.11. The SMILES string of the molecule is C=C(C)COc1cc(C)cc2oc(=O)c(CC(=O)Nc3ccc4oc(=O)ccc4c3)c(C)c12. The molecule has 1 N–H and O–H groups in total. The normalized spacial score (nSPS) is 11.0. The molecule has 0 saturated heterocycles. The van der Waals surface area contributed by atoms with Crippen LogP contribution in [0.5, 0.6) is 5.75 Å². The van der Waals surface area contributed by atoms with Gasteiger partial charge in [-0.1, -0.05) is 6.58 Å². The molecule has 0 atom stereocenters. The molecule has 0 aliphatic carbocycles. The number of rotatable bonds is 6. The van der Waals surface area contributed by atoms with Gasteiger partial charge in [0, 0.05) is 17.1 Å². The van der Waals surface area contributed by atoms with Gasteiger partial charge in [-0.05, 0) is 73.9 Å². The van der Waals surface area contributed by atoms with Crippen LogP contribution in [0.15, 0.2) is 73.0 Å². The van der Waals surface area contributed by atoms with Gasteiger partial charge in [-0.3, -0.25) is 4.79 Å². The van der Waals surface area contributed by atoms with Crippen molar-refractivity contribution in [3.8, 4) is 5.75 Å². The number of aryl methyl sites for hydroxylation is 2. The van der Waals surface area contributed by atoms with Crippen molar-refractivity contribution in [2.45, 2.75) is 27.2 Å². The first-order valence-corrected chi connectivity index (χ1v) is 10.4. The fourth-order valence-corrected chi connectivity index (χ4v) is 3.67. The molecule has 4 aromatic rings. The van der Waals surface area contributed by atoms with Crippen LogP contribution < -0.4 is 21.3 Å². The van der Waals surface area contributed by atoms with Crippen molar-refractivity contribution in [2.24, 2.45) is 0 Å². The largest absolute Gasteiger partial charge is 0.488 e. The van der Waals surface area contributed by atoms with Crippen LogP contribution >= 0.6 is 0 Å². The predicted octanol–water partition coefficient (Wildman–Crippen LogP) is 4.65. The van der Waals surface area contributed by atoms with Crippen LogP contribution in [0, 0.1) is 13.8 Å². The van der Waals surface area contributed by atoms with Crippen molar-refractivity contribution in [1.29, 1.82) is 0 Å². The lowest BCUT2D eigenvalue weighted by Gasteiger charge is -2.14. The first-order valence-electron chi connectivity index (χ1n) is 10.4. The summed E-state index contributed by atoms with van der Waals surface area (Å²) < 4.78 is 16.5. The maximum Gasteiger partial charge on any atom is 0.340 e. The molecule has 0 spiro atoms. The summed E-state index contributed by atoms with van der Waals surface area (Å²) >= 11 is 0. The zero-order valence-corrected chi connectivity index (χ0v) is 18.6. The smallest absolute Gasteiger partial charge is 0.340 e. The number of hydrogen-bond acceptors (Lipinski definition) is 6. The van der Waals surface area contributed by atoms with E-state index >= 15 is 0 Å². The van der Waals surface area contributed by atoms with Crippen LogP contribution in [0.3, 0.4) is 0 Å². The van der Waals surface area contributed by atoms with Crippen molar-refractivity contribution < 1.29 is 18.4 Å². The number of hydrogen-bond donors (Lipinski definition) is 1. The van der Waals surface area contributed by atoms with Gasteiger partial charge in [0.2, 0.25) is 5.91 Å². The number of ether oxygens (including phenoxy) is 1. The lowest BCUT2D eigenvalue weighted by atomic mass is 10.0. The van der Waals surface area contributed by atoms with Crippen LogP contribution in [-0.4, -0.2) is 12.5 Å². The molecular formula is C26H23NO6. The molecule has 33 heavy (non-hydrogen) atoms. The minimum Gasteiger partial charge on any atom is -0.488 e. The summed E-state index contributed by atoms with van der Waals surface area (Å²) in [6, 6.07) is 11.5. The Bertz CT molecular complexity index is 1530. The standard InChI is InChI=1S/C26H23NO6/c1-14(2)13-31-21-9-15(3)10-22-25(21)16(4)19(26(30)33-22)12-23(28)27-18-6-7-20-17(11-18)5-8-24(29)32-20/h5-11H,1,12-13H2,2-4H3,(H,27,28). The summed E-state index contributed by atoms with van der Waals surface area (Å²) in [6.45, 7) is 9.72. The van der Waals surface area contributed by atoms with Crippen LogP contribution in [0.4, 0.5) is 5.69 Å². The lowest BCUT2D eigenvalue weighted by molar-refractivity contribution is -0.115. The molecule has 0 saturated carbocycles. The number of fused-ring (bicyclic) bond motifs is 2. The summed E-state index contributed by atoms with van der Waals surface area (Å²) in [7, 11) is 0. The highest BCUT2D eigenvalue weighted by Gasteiger charge is 2.18. The van der Waals surface area contributed by atoms with Gasteiger partial charge in [0.15, 0.2) is 0 Å². The van der Waals surface area contributed by atoms with E-state index in [0.717, 1.165) is 11.1 Å². The van der Waals surface area contributed by atoms with E-state index in [9.17, 15) is 14.4 Å². The van der Waals surface area contributed by atoms with Gasteiger partial charge in [-0.25, -0.2) is 9.59 Å². The van der Waals surface area contributed by atoms with Crippen molar-refractivity contribution in [3.63, 3.8) is 0 Å². The Morgan fingerprint density at radius 1 is 1.03 bits per heavy atom. The van der Waals surface area contributed by atoms with Crippen LogP contribution in [0.2, 0.25) is 0 Å². The number of nitrogens with one attached hydrogen (secondary N) is 1. The molecule has 0 fully saturated rings. The average molecular weight is 445 g/mol. The van der Waals surface area contributed by atoms with Gasteiger partial charge in [-0.2, -0.15) is 0 Å². The topological polar surface area (TPSA) is 98.8 Å². The zero-order valence-electron chi connectivity index (χ0n) is 18.6. The first-order chi connectivity index (χ1) is 15.7. The Labute approximate surface area is 189 Å². The molecule has 4 rings (SSSR count). The van der Waals surface area contributed by atoms with E-state index in [1.807, 2.05) is 19.9 Å². The minimum atomic E-state index is -0.563. The Balaban J connectivity index is 1.65. The molecule has 168 valence electrons. The molecule has 7 heteroatoms. The molecule has 0 unspecified atom stereocenters. The van der Waals surface area contributed by atoms with E-state index in [0.29, 0.717) is 45.5 Å². The van der Waals surface area contributed by atoms with E-state index in [4.69, 9.17) is 13.6 Å². The maximum absolute atomic E-state index is 12.8. The van der Waals surface area contributed by atoms with Crippen molar-refractivity contribution in [3.05, 3.63) is 92.1 Å². The quantitative estimate of drug-likeness (QED) is 0.343. The minimum absolute atomic E-state index is 0.167. The second kappa shape index (κ2) is 8.78. The van der Waals surface area contributed by atoms with Gasteiger partial charge in [0.05, 0.1) is 17.4 Å². The van der Waals surface area contributed by atoms with Gasteiger partial charge in [-0.15, -0.1) is 0 Å². The van der Waals surface area contributed by atoms with Gasteiger partial charge in [0.25, 0.3) is 0 Å². The molecular weight excluding hydrogens is 422 g/mol. The summed E-state index contributed by atoms with van der Waals surface area (Å²) in [5.41, 5.74) is 2.98. The molecule has 0 bridgehead atoms. The second-order valence-electron chi connectivity index (χ2n) is 8.11. The van der Waals surface area contributed by atoms with E-state index in [1.165, 1.54) is 6.07 Å². The third-order valence-electron chi connectivity index (χ3n) is 5.20. The van der Waals surface area contributed by atoms with E-state index in [-0.39, 0.29) is 17.9 Å². The monoisotopic (exact) mass is 445 g/mol. The predicted molar refractivity (Wildman–Crippen MR) is 127 cm³/mol. The Morgan fingerprint density at radius 3 is 2.58 bits per heavy atom. The molecule has 2 aromatic carbocycles. The second-order valence-corrected chi connectivity index (χ2v) is 8.11. The van der Waals surface area contributed by atoms with Crippen LogP contribution in [0.1, 0.15) is 23.6 Å². The maximum atomic E-state index is 12.8. The average Bonchev–Trinajstić information content (AvgIpc) is 2.74. The first kappa shape index (κ1) is 22.1. The van der Waals surface area contributed by atoms with Gasteiger partial charge in [0.1, 0.15) is 23.5 Å². The number of carbonyl (C=O) groups is 1. The summed E-state index contributed by atoms with van der Waals surface area (Å²) in [4.78, 5) is 36.8. The van der Waals surface area contributed by atoms with Gasteiger partial charge < -0.3 is 18.9 Å². The lowest BCUT2D eigenvalue weighted by Crippen LogP contribution is -2.20. The Kier molecular flexibility index (Phi) is 5.87.